The molecule has 2 aromatic rings. The molecule has 5 nitrogen and oxygen atoms in total. The zero-order valence-electron chi connectivity index (χ0n) is 11.0. The first-order valence-corrected chi connectivity index (χ1v) is 6.90. The van der Waals surface area contributed by atoms with Crippen LogP contribution in [0.5, 0.6) is 5.75 Å². The molecule has 0 radical (unpaired) electrons. The topological polar surface area (TPSA) is 62.7 Å². The lowest BCUT2D eigenvalue weighted by molar-refractivity contribution is -0.119. The smallest absolute Gasteiger partial charge is 0.259 e. The number of hydrogen-bond acceptors (Lipinski definition) is 5. The van der Waals surface area contributed by atoms with Crippen LogP contribution in [0.25, 0.3) is 0 Å². The number of thiophene rings is 1. The quantitative estimate of drug-likeness (QED) is 0.633. The summed E-state index contributed by atoms with van der Waals surface area (Å²) in [5.41, 5.74) is 3.23. The molecule has 1 aromatic heterocycles. The van der Waals surface area contributed by atoms with Crippen LogP contribution in [0.15, 0.2) is 46.9 Å². The van der Waals surface area contributed by atoms with Gasteiger partial charge >= 0.3 is 0 Å². The molecular formula is C14H15N3O2S. The first-order valence-electron chi connectivity index (χ1n) is 6.02. The zero-order valence-corrected chi connectivity index (χ0v) is 11.8. The number of amides is 1. The van der Waals surface area contributed by atoms with Gasteiger partial charge in [0.15, 0.2) is 0 Å². The number of rotatable bonds is 6. The molecule has 1 amide bonds. The van der Waals surface area contributed by atoms with Crippen LogP contribution in [-0.2, 0) is 4.79 Å². The van der Waals surface area contributed by atoms with Crippen molar-refractivity contribution in [3.8, 4) is 5.75 Å². The number of carbonyl (C=O) groups is 1. The lowest BCUT2D eigenvalue weighted by Crippen LogP contribution is -2.25. The van der Waals surface area contributed by atoms with Gasteiger partial charge in [0.1, 0.15) is 5.75 Å². The van der Waals surface area contributed by atoms with Crippen molar-refractivity contribution in [3.05, 3.63) is 46.7 Å². The predicted octanol–water partition coefficient (Wildman–Crippen LogP) is 2.32. The number of hydrogen-bond donors (Lipinski definition) is 2. The minimum Gasteiger partial charge on any atom is -0.495 e. The summed E-state index contributed by atoms with van der Waals surface area (Å²) in [5, 5.41) is 8.83. The highest BCUT2D eigenvalue weighted by Crippen LogP contribution is 2.22. The number of benzene rings is 1. The summed E-state index contributed by atoms with van der Waals surface area (Å²) in [4.78, 5) is 12.6. The largest absolute Gasteiger partial charge is 0.495 e. The van der Waals surface area contributed by atoms with E-state index in [2.05, 4.69) is 15.8 Å². The molecule has 1 aromatic carbocycles. The van der Waals surface area contributed by atoms with Crippen LogP contribution in [0.4, 0.5) is 5.69 Å². The van der Waals surface area contributed by atoms with E-state index in [-0.39, 0.29) is 12.5 Å². The molecule has 0 saturated carbocycles. The fourth-order valence-electron chi connectivity index (χ4n) is 1.54. The van der Waals surface area contributed by atoms with Gasteiger partial charge in [0, 0.05) is 4.88 Å². The molecular weight excluding hydrogens is 274 g/mol. The van der Waals surface area contributed by atoms with Gasteiger partial charge in [-0.25, -0.2) is 5.43 Å². The van der Waals surface area contributed by atoms with E-state index in [9.17, 15) is 4.79 Å². The van der Waals surface area contributed by atoms with Gasteiger partial charge in [-0.05, 0) is 23.6 Å². The Hall–Kier alpha value is -2.34. The van der Waals surface area contributed by atoms with E-state index in [4.69, 9.17) is 4.74 Å². The van der Waals surface area contributed by atoms with Gasteiger partial charge in [0.05, 0.1) is 25.6 Å². The Kier molecular flexibility index (Phi) is 5.14. The van der Waals surface area contributed by atoms with Gasteiger partial charge in [-0.3, -0.25) is 4.79 Å². The van der Waals surface area contributed by atoms with Crippen molar-refractivity contribution in [2.45, 2.75) is 0 Å². The van der Waals surface area contributed by atoms with E-state index in [1.807, 2.05) is 41.8 Å². The number of ether oxygens (including phenoxy) is 1. The molecule has 2 rings (SSSR count). The highest BCUT2D eigenvalue weighted by atomic mass is 32.1. The summed E-state index contributed by atoms with van der Waals surface area (Å²) in [6.07, 6.45) is 1.62. The standard InChI is InChI=1S/C14H15N3O2S/c1-19-13-7-3-2-6-12(13)15-10-14(18)17-16-9-11-5-4-8-20-11/h2-9,15H,10H2,1H3,(H,17,18)/b16-9-. The predicted molar refractivity (Wildman–Crippen MR) is 81.5 cm³/mol. The third kappa shape index (κ3) is 4.10. The lowest BCUT2D eigenvalue weighted by atomic mass is 10.3. The summed E-state index contributed by atoms with van der Waals surface area (Å²) < 4.78 is 5.19. The van der Waals surface area contributed by atoms with Crippen molar-refractivity contribution in [1.82, 2.24) is 5.43 Å². The first-order chi connectivity index (χ1) is 9.79. The maximum Gasteiger partial charge on any atom is 0.259 e. The fourth-order valence-corrected chi connectivity index (χ4v) is 2.12. The molecule has 0 atom stereocenters. The number of methoxy groups -OCH3 is 1. The highest BCUT2D eigenvalue weighted by Gasteiger charge is 2.03. The van der Waals surface area contributed by atoms with E-state index >= 15 is 0 Å². The van der Waals surface area contributed by atoms with E-state index in [1.54, 1.807) is 24.7 Å². The average molecular weight is 289 g/mol. The number of nitrogens with zero attached hydrogens (tertiary/aromatic N) is 1. The molecule has 0 fully saturated rings. The second kappa shape index (κ2) is 7.30. The number of carbonyl (C=O) groups excluding carboxylic acids is 1. The number of nitrogens with one attached hydrogen (secondary N) is 2. The second-order valence-corrected chi connectivity index (χ2v) is 4.84. The lowest BCUT2D eigenvalue weighted by Gasteiger charge is -2.09. The maximum absolute atomic E-state index is 11.6. The molecule has 104 valence electrons. The number of anilines is 1. The molecule has 0 spiro atoms. The molecule has 0 bridgehead atoms. The van der Waals surface area contributed by atoms with Crippen molar-refractivity contribution in [1.29, 1.82) is 0 Å². The van der Waals surface area contributed by atoms with Crippen LogP contribution in [-0.4, -0.2) is 25.8 Å². The third-order valence-corrected chi connectivity index (χ3v) is 3.28. The SMILES string of the molecule is COc1ccccc1NCC(=O)N/N=C\c1cccs1. The van der Waals surface area contributed by atoms with Crippen LogP contribution in [0.2, 0.25) is 0 Å². The molecule has 0 aliphatic heterocycles. The molecule has 0 saturated heterocycles. The molecule has 1 heterocycles. The van der Waals surface area contributed by atoms with Gasteiger partial charge < -0.3 is 10.1 Å². The Morgan fingerprint density at radius 2 is 2.20 bits per heavy atom. The number of hydrazone groups is 1. The second-order valence-electron chi connectivity index (χ2n) is 3.86. The van der Waals surface area contributed by atoms with Crippen LogP contribution >= 0.6 is 11.3 Å². The molecule has 0 unspecified atom stereocenters. The Morgan fingerprint density at radius 3 is 2.95 bits per heavy atom. The average Bonchev–Trinajstić information content (AvgIpc) is 2.98. The summed E-state index contributed by atoms with van der Waals surface area (Å²) >= 11 is 1.56. The van der Waals surface area contributed by atoms with Crippen molar-refractivity contribution < 1.29 is 9.53 Å². The zero-order chi connectivity index (χ0) is 14.2. The van der Waals surface area contributed by atoms with Crippen LogP contribution in [0.3, 0.4) is 0 Å². The van der Waals surface area contributed by atoms with E-state index in [0.29, 0.717) is 5.75 Å². The van der Waals surface area contributed by atoms with Crippen molar-refractivity contribution >= 4 is 29.1 Å². The van der Waals surface area contributed by atoms with Gasteiger partial charge in [-0.2, -0.15) is 5.10 Å². The fraction of sp³-hybridized carbons (Fsp3) is 0.143. The minimum atomic E-state index is -0.219. The number of para-hydroxylation sites is 2. The molecule has 2 N–H and O–H groups in total. The van der Waals surface area contributed by atoms with Crippen molar-refractivity contribution in [3.63, 3.8) is 0 Å². The van der Waals surface area contributed by atoms with Crippen LogP contribution in [0.1, 0.15) is 4.88 Å². The minimum absolute atomic E-state index is 0.127. The first kappa shape index (κ1) is 14.1. The monoisotopic (exact) mass is 289 g/mol. The summed E-state index contributed by atoms with van der Waals surface area (Å²) in [5.74, 6) is 0.478. The Morgan fingerprint density at radius 1 is 1.35 bits per heavy atom. The van der Waals surface area contributed by atoms with Gasteiger partial charge in [-0.15, -0.1) is 11.3 Å². The van der Waals surface area contributed by atoms with Gasteiger partial charge in [0.2, 0.25) is 0 Å². The van der Waals surface area contributed by atoms with Crippen LogP contribution < -0.4 is 15.5 Å². The Bertz CT molecular complexity index is 582. The Labute approximate surface area is 121 Å². The third-order valence-electron chi connectivity index (χ3n) is 2.47. The van der Waals surface area contributed by atoms with E-state index in [0.717, 1.165) is 10.6 Å². The summed E-state index contributed by atoms with van der Waals surface area (Å²) in [6.45, 7) is 0.127. The van der Waals surface area contributed by atoms with E-state index in [1.165, 1.54) is 0 Å². The van der Waals surface area contributed by atoms with Crippen molar-refractivity contribution in [2.24, 2.45) is 5.10 Å². The van der Waals surface area contributed by atoms with Gasteiger partial charge in [0.25, 0.3) is 5.91 Å². The molecule has 6 heteroatoms. The van der Waals surface area contributed by atoms with E-state index < -0.39 is 0 Å². The normalized spacial score (nSPS) is 10.4. The molecule has 0 aliphatic rings. The Balaban J connectivity index is 1.80. The van der Waals surface area contributed by atoms with Gasteiger partial charge in [-0.1, -0.05) is 18.2 Å². The maximum atomic E-state index is 11.6. The molecule has 20 heavy (non-hydrogen) atoms. The van der Waals surface area contributed by atoms with Crippen molar-refractivity contribution in [2.75, 3.05) is 19.0 Å². The molecule has 0 aliphatic carbocycles. The highest BCUT2D eigenvalue weighted by molar-refractivity contribution is 7.11. The summed E-state index contributed by atoms with van der Waals surface area (Å²) in [6, 6.07) is 11.3. The van der Waals surface area contributed by atoms with Crippen LogP contribution in [0, 0.1) is 0 Å². The summed E-state index contributed by atoms with van der Waals surface area (Å²) in [7, 11) is 1.59.